The van der Waals surface area contributed by atoms with E-state index in [2.05, 4.69) is 27.7 Å². The highest BCUT2D eigenvalue weighted by molar-refractivity contribution is 5.95. The summed E-state index contributed by atoms with van der Waals surface area (Å²) in [5.41, 5.74) is 12.6. The van der Waals surface area contributed by atoms with Crippen LogP contribution in [0.3, 0.4) is 0 Å². The number of aliphatic hydroxyl groups is 1. The van der Waals surface area contributed by atoms with Gasteiger partial charge >= 0.3 is 5.97 Å². The van der Waals surface area contributed by atoms with E-state index in [1.807, 2.05) is 0 Å². The van der Waals surface area contributed by atoms with Crippen LogP contribution in [-0.4, -0.2) is 35.1 Å². The van der Waals surface area contributed by atoms with Crippen molar-refractivity contribution in [3.63, 3.8) is 0 Å². The van der Waals surface area contributed by atoms with E-state index in [-0.39, 0.29) is 58.1 Å². The Kier molecular flexibility index (Phi) is 7.90. The van der Waals surface area contributed by atoms with Gasteiger partial charge in [0.2, 0.25) is 0 Å². The zero-order chi connectivity index (χ0) is 30.2. The highest BCUT2D eigenvalue weighted by atomic mass is 16.5. The Balaban J connectivity index is 1.45. The molecule has 6 fully saturated rings. The van der Waals surface area contributed by atoms with Crippen molar-refractivity contribution in [2.45, 2.75) is 150 Å². The summed E-state index contributed by atoms with van der Waals surface area (Å²) < 4.78 is 6.22. The topological polar surface area (TPSA) is 89.6 Å². The molecule has 42 heavy (non-hydrogen) atoms. The van der Waals surface area contributed by atoms with E-state index in [0.717, 1.165) is 68.9 Å². The summed E-state index contributed by atoms with van der Waals surface area (Å²) in [6.45, 7) is 13.0. The van der Waals surface area contributed by atoms with E-state index >= 15 is 0 Å². The summed E-state index contributed by atoms with van der Waals surface area (Å²) >= 11 is 0. The van der Waals surface area contributed by atoms with Gasteiger partial charge in [-0.1, -0.05) is 38.8 Å². The van der Waals surface area contributed by atoms with Gasteiger partial charge in [0.15, 0.2) is 5.78 Å². The summed E-state index contributed by atoms with van der Waals surface area (Å²) in [6, 6.07) is -0.0769. The van der Waals surface area contributed by atoms with Crippen molar-refractivity contribution in [3.05, 3.63) is 22.3 Å². The molecule has 0 heterocycles. The maximum absolute atomic E-state index is 13.8. The lowest BCUT2D eigenvalue weighted by Gasteiger charge is -2.68. The molecule has 0 aromatic carbocycles. The molecular weight excluding hydrogens is 522 g/mol. The molecule has 11 atom stereocenters. The van der Waals surface area contributed by atoms with E-state index in [1.54, 1.807) is 18.1 Å². The molecule has 5 heteroatoms. The van der Waals surface area contributed by atoms with Crippen molar-refractivity contribution in [1.82, 2.24) is 0 Å². The molecule has 0 radical (unpaired) electrons. The van der Waals surface area contributed by atoms with Gasteiger partial charge in [-0.25, -0.2) is 0 Å². The average molecular weight is 580 g/mol. The van der Waals surface area contributed by atoms with Crippen molar-refractivity contribution in [1.29, 1.82) is 0 Å². The first-order valence-corrected chi connectivity index (χ1v) is 17.4. The number of allylic oxidation sites excluding steroid dienone is 3. The van der Waals surface area contributed by atoms with Crippen LogP contribution in [0.1, 0.15) is 131 Å². The van der Waals surface area contributed by atoms with Crippen LogP contribution in [0.5, 0.6) is 0 Å². The molecule has 6 aliphatic carbocycles. The third-order valence-corrected chi connectivity index (χ3v) is 14.5. The van der Waals surface area contributed by atoms with Crippen LogP contribution < -0.4 is 5.73 Å². The third kappa shape index (κ3) is 4.53. The Morgan fingerprint density at radius 1 is 0.929 bits per heavy atom. The highest BCUT2D eigenvalue weighted by Gasteiger charge is 2.70. The fourth-order valence-electron chi connectivity index (χ4n) is 12.4. The fraction of sp³-hybridized carbons (Fsp3) is 0.838. The van der Waals surface area contributed by atoms with Crippen LogP contribution >= 0.6 is 0 Å². The molecule has 1 unspecified atom stereocenters. The molecule has 0 spiro atoms. The number of aliphatic hydroxyl groups excluding tert-OH is 1. The van der Waals surface area contributed by atoms with Crippen molar-refractivity contribution in [2.24, 2.45) is 51.6 Å². The Labute approximate surface area is 254 Å². The SMILES string of the molecule is CC(=O)O[C@H]1C[C@@]2(C)[C@H](/C1=C(/C(C)=O)C1CCCC(=C3CCCC3)C1)[C@@H](N)C[C@H]1[C@@]3(C)CC[C@@H](O)[C@@H](C)[C@@H]3CC[C@@]12C. The quantitative estimate of drug-likeness (QED) is 0.206. The molecule has 0 aliphatic heterocycles. The first-order valence-electron chi connectivity index (χ1n) is 17.4. The molecule has 0 aromatic heterocycles. The van der Waals surface area contributed by atoms with Crippen LogP contribution in [0.25, 0.3) is 0 Å². The molecule has 3 N–H and O–H groups in total. The van der Waals surface area contributed by atoms with Crippen LogP contribution in [-0.2, 0) is 14.3 Å². The van der Waals surface area contributed by atoms with Crippen LogP contribution in [0.4, 0.5) is 0 Å². The van der Waals surface area contributed by atoms with E-state index in [9.17, 15) is 14.7 Å². The lowest BCUT2D eigenvalue weighted by atomic mass is 9.36. The summed E-state index contributed by atoms with van der Waals surface area (Å²) in [7, 11) is 0. The molecule has 0 saturated heterocycles. The lowest BCUT2D eigenvalue weighted by Crippen LogP contribution is -2.65. The van der Waals surface area contributed by atoms with Gasteiger partial charge in [0.25, 0.3) is 0 Å². The molecule has 0 amide bonds. The third-order valence-electron chi connectivity index (χ3n) is 14.5. The minimum Gasteiger partial charge on any atom is -0.458 e. The number of hydrogen-bond donors (Lipinski definition) is 2. The monoisotopic (exact) mass is 579 g/mol. The largest absolute Gasteiger partial charge is 0.458 e. The smallest absolute Gasteiger partial charge is 0.303 e. The van der Waals surface area contributed by atoms with E-state index in [1.165, 1.54) is 39.0 Å². The second-order valence-corrected chi connectivity index (χ2v) is 16.3. The van der Waals surface area contributed by atoms with E-state index < -0.39 is 0 Å². The predicted octanol–water partition coefficient (Wildman–Crippen LogP) is 7.45. The highest BCUT2D eigenvalue weighted by Crippen LogP contribution is 2.74. The zero-order valence-electron chi connectivity index (χ0n) is 27.3. The molecule has 6 aliphatic rings. The number of Topliss-reactive ketones (excluding diaryl/α,β-unsaturated/α-hetero) is 1. The standard InChI is InChI=1S/C37H57NO4/c1-21-27-14-17-36(5)31(35(27,4)16-15-29(21)41)19-28(38)34-33(30(42-23(3)40)20-37(34,36)6)32(22(2)39)26-13-9-12-25(18-26)24-10-7-8-11-24/h21,26-31,34,41H,7-20,38H2,1-6H3/b33-32-/t21-,26?,27-,28-,29+,30-,31-,34-,35-,36-,37-/m0/s1. The molecule has 0 aromatic rings. The van der Waals surface area contributed by atoms with Gasteiger partial charge in [-0.15, -0.1) is 0 Å². The van der Waals surface area contributed by atoms with Crippen LogP contribution in [0.2, 0.25) is 0 Å². The Bertz CT molecular complexity index is 1180. The van der Waals surface area contributed by atoms with Gasteiger partial charge in [0, 0.05) is 24.5 Å². The number of rotatable bonds is 3. The molecule has 5 nitrogen and oxygen atoms in total. The molecule has 6 rings (SSSR count). The second kappa shape index (κ2) is 10.9. The van der Waals surface area contributed by atoms with E-state index in [0.29, 0.717) is 17.8 Å². The average Bonchev–Trinajstić information content (AvgIpc) is 3.56. The maximum Gasteiger partial charge on any atom is 0.303 e. The summed E-state index contributed by atoms with van der Waals surface area (Å²) in [6.07, 6.45) is 14.6. The Morgan fingerprint density at radius 2 is 1.62 bits per heavy atom. The number of nitrogens with two attached hydrogens (primary N) is 1. The Morgan fingerprint density at radius 3 is 2.29 bits per heavy atom. The van der Waals surface area contributed by atoms with Crippen molar-refractivity contribution >= 4 is 11.8 Å². The normalized spacial score (nSPS) is 48.3. The van der Waals surface area contributed by atoms with Gasteiger partial charge in [-0.3, -0.25) is 9.59 Å². The van der Waals surface area contributed by atoms with Gasteiger partial charge in [0.1, 0.15) is 6.10 Å². The fourth-order valence-corrected chi connectivity index (χ4v) is 12.4. The number of hydrogen-bond acceptors (Lipinski definition) is 5. The lowest BCUT2D eigenvalue weighted by molar-refractivity contribution is -0.201. The first kappa shape index (κ1) is 30.6. The van der Waals surface area contributed by atoms with Gasteiger partial charge in [0.05, 0.1) is 6.10 Å². The van der Waals surface area contributed by atoms with E-state index in [4.69, 9.17) is 10.5 Å². The molecule has 234 valence electrons. The number of carbonyl (C=O) groups excluding carboxylic acids is 2. The zero-order valence-corrected chi connectivity index (χ0v) is 27.3. The number of esters is 1. The number of carbonyl (C=O) groups is 2. The van der Waals surface area contributed by atoms with Gasteiger partial charge in [-0.2, -0.15) is 0 Å². The van der Waals surface area contributed by atoms with Crippen LogP contribution in [0, 0.1) is 45.8 Å². The second-order valence-electron chi connectivity index (χ2n) is 16.3. The van der Waals surface area contributed by atoms with Crippen molar-refractivity contribution in [2.75, 3.05) is 0 Å². The summed E-state index contributed by atoms with van der Waals surface area (Å²) in [5, 5.41) is 10.8. The maximum atomic E-state index is 13.8. The summed E-state index contributed by atoms with van der Waals surface area (Å²) in [5.74, 6) is 1.38. The van der Waals surface area contributed by atoms with Crippen molar-refractivity contribution < 1.29 is 19.4 Å². The number of fused-ring (bicyclic) bond motifs is 5. The Hall–Kier alpha value is -1.46. The molecule has 0 bridgehead atoms. The molecular formula is C37H57NO4. The number of ketones is 1. The van der Waals surface area contributed by atoms with Crippen molar-refractivity contribution in [3.8, 4) is 0 Å². The minimum atomic E-state index is -0.375. The molecule has 6 saturated carbocycles. The first-order chi connectivity index (χ1) is 19.8. The minimum absolute atomic E-state index is 0.0202. The predicted molar refractivity (Wildman–Crippen MR) is 166 cm³/mol. The van der Waals surface area contributed by atoms with Gasteiger partial charge in [-0.05, 0) is 142 Å². The van der Waals surface area contributed by atoms with Gasteiger partial charge < -0.3 is 15.6 Å². The van der Waals surface area contributed by atoms with Crippen LogP contribution in [0.15, 0.2) is 22.3 Å². The summed E-state index contributed by atoms with van der Waals surface area (Å²) in [4.78, 5) is 26.4. The number of ether oxygens (including phenoxy) is 1.